The van der Waals surface area contributed by atoms with Crippen molar-refractivity contribution in [2.24, 2.45) is 11.5 Å². The van der Waals surface area contributed by atoms with Gasteiger partial charge >= 0.3 is 0 Å². The fourth-order valence-electron chi connectivity index (χ4n) is 1.64. The molecule has 0 spiro atoms. The van der Waals surface area contributed by atoms with E-state index in [-0.39, 0.29) is 0 Å². The summed E-state index contributed by atoms with van der Waals surface area (Å²) < 4.78 is 0. The smallest absolute Gasteiger partial charge is 0.248 e. The number of primary amides is 1. The van der Waals surface area contributed by atoms with Crippen molar-refractivity contribution in [3.05, 3.63) is 53.4 Å². The number of amides is 1. The topological polar surface area (TPSA) is 81.1 Å². The Bertz CT molecular complexity index is 489. The van der Waals surface area contributed by atoms with Gasteiger partial charge in [0.2, 0.25) is 5.91 Å². The number of nitrogens with two attached hydrogens (primary N) is 2. The molecule has 5 N–H and O–H groups in total. The van der Waals surface area contributed by atoms with E-state index in [0.29, 0.717) is 17.8 Å². The molecule has 0 bridgehead atoms. The Balaban J connectivity index is 2.44. The summed E-state index contributed by atoms with van der Waals surface area (Å²) in [6, 6.07) is 7.16. The minimum Gasteiger partial charge on any atom is -0.398 e. The number of carbonyl (C=O) groups is 1. The Morgan fingerprint density at radius 1 is 1.38 bits per heavy atom. The molecule has 0 saturated heterocycles. The fourth-order valence-corrected chi connectivity index (χ4v) is 1.64. The van der Waals surface area contributed by atoms with Gasteiger partial charge in [-0.15, -0.1) is 0 Å². The zero-order chi connectivity index (χ0) is 11.5. The summed E-state index contributed by atoms with van der Waals surface area (Å²) in [5.74, 6) is -0.430. The Morgan fingerprint density at radius 2 is 2.19 bits per heavy atom. The van der Waals surface area contributed by atoms with E-state index in [1.165, 1.54) is 0 Å². The van der Waals surface area contributed by atoms with Gasteiger partial charge in [0.1, 0.15) is 0 Å². The zero-order valence-corrected chi connectivity index (χ0v) is 8.73. The molecule has 0 atom stereocenters. The van der Waals surface area contributed by atoms with Crippen molar-refractivity contribution in [2.45, 2.75) is 0 Å². The highest BCUT2D eigenvalue weighted by atomic mass is 16.1. The number of hydrogen-bond donors (Lipinski definition) is 3. The van der Waals surface area contributed by atoms with Crippen LogP contribution in [0.1, 0.15) is 15.9 Å². The maximum Gasteiger partial charge on any atom is 0.248 e. The zero-order valence-electron chi connectivity index (χ0n) is 8.73. The van der Waals surface area contributed by atoms with Gasteiger partial charge in [0, 0.05) is 23.4 Å². The van der Waals surface area contributed by atoms with Crippen molar-refractivity contribution < 1.29 is 4.79 Å². The van der Waals surface area contributed by atoms with Crippen molar-refractivity contribution in [3.8, 4) is 0 Å². The Morgan fingerprint density at radius 3 is 2.88 bits per heavy atom. The molecular formula is C12H13N3O. The van der Waals surface area contributed by atoms with Crippen molar-refractivity contribution in [1.82, 2.24) is 5.32 Å². The first-order chi connectivity index (χ1) is 7.68. The van der Waals surface area contributed by atoms with E-state index in [0.717, 1.165) is 11.1 Å². The number of benzene rings is 1. The van der Waals surface area contributed by atoms with Crippen LogP contribution in [0.15, 0.2) is 42.2 Å². The van der Waals surface area contributed by atoms with E-state index < -0.39 is 5.91 Å². The van der Waals surface area contributed by atoms with Gasteiger partial charge in [-0.05, 0) is 30.0 Å². The molecule has 0 unspecified atom stereocenters. The van der Waals surface area contributed by atoms with Gasteiger partial charge in [-0.1, -0.05) is 12.1 Å². The molecule has 1 aromatic rings. The summed E-state index contributed by atoms with van der Waals surface area (Å²) in [4.78, 5) is 11.1. The third-order valence-electron chi connectivity index (χ3n) is 2.50. The predicted molar refractivity (Wildman–Crippen MR) is 63.2 cm³/mol. The van der Waals surface area contributed by atoms with E-state index in [4.69, 9.17) is 11.5 Å². The predicted octanol–water partition coefficient (Wildman–Crippen LogP) is 0.572. The molecule has 1 aliphatic heterocycles. The number of rotatable bonds is 2. The Labute approximate surface area is 93.6 Å². The summed E-state index contributed by atoms with van der Waals surface area (Å²) in [7, 11) is 0. The minimum atomic E-state index is -0.430. The van der Waals surface area contributed by atoms with Gasteiger partial charge in [-0.25, -0.2) is 0 Å². The third-order valence-corrected chi connectivity index (χ3v) is 2.50. The van der Waals surface area contributed by atoms with Crippen LogP contribution in [0.2, 0.25) is 0 Å². The highest BCUT2D eigenvalue weighted by molar-refractivity contribution is 5.94. The summed E-state index contributed by atoms with van der Waals surface area (Å²) >= 11 is 0. The molecule has 4 nitrogen and oxygen atoms in total. The van der Waals surface area contributed by atoms with Crippen LogP contribution in [0.3, 0.4) is 0 Å². The summed E-state index contributed by atoms with van der Waals surface area (Å²) in [5, 5.41) is 3.08. The molecule has 0 saturated carbocycles. The first-order valence-electron chi connectivity index (χ1n) is 4.97. The molecule has 16 heavy (non-hydrogen) atoms. The van der Waals surface area contributed by atoms with Crippen LogP contribution in [0.5, 0.6) is 0 Å². The largest absolute Gasteiger partial charge is 0.398 e. The number of dihydropyridines is 1. The molecule has 0 aliphatic carbocycles. The average molecular weight is 215 g/mol. The molecule has 0 aromatic heterocycles. The van der Waals surface area contributed by atoms with Gasteiger partial charge in [-0.3, -0.25) is 4.79 Å². The fraction of sp³-hybridized carbons (Fsp3) is 0.0833. The maximum absolute atomic E-state index is 11.1. The average Bonchev–Trinajstić information content (AvgIpc) is 2.30. The van der Waals surface area contributed by atoms with Crippen LogP contribution >= 0.6 is 0 Å². The van der Waals surface area contributed by atoms with Crippen molar-refractivity contribution >= 4 is 11.5 Å². The Kier molecular flexibility index (Phi) is 2.64. The van der Waals surface area contributed by atoms with Gasteiger partial charge in [-0.2, -0.15) is 0 Å². The van der Waals surface area contributed by atoms with E-state index in [1.807, 2.05) is 6.07 Å². The minimum absolute atomic E-state index is 0.430. The van der Waals surface area contributed by atoms with Crippen LogP contribution in [-0.4, -0.2) is 12.5 Å². The third kappa shape index (κ3) is 1.91. The van der Waals surface area contributed by atoms with Gasteiger partial charge < -0.3 is 16.8 Å². The van der Waals surface area contributed by atoms with Crippen molar-refractivity contribution in [2.75, 3.05) is 6.54 Å². The van der Waals surface area contributed by atoms with Crippen LogP contribution in [0, 0.1) is 0 Å². The number of hydrogen-bond acceptors (Lipinski definition) is 3. The maximum atomic E-state index is 11.1. The highest BCUT2D eigenvalue weighted by Crippen LogP contribution is 2.19. The van der Waals surface area contributed by atoms with Crippen molar-refractivity contribution in [3.63, 3.8) is 0 Å². The lowest BCUT2D eigenvalue weighted by molar-refractivity contribution is 0.100. The monoisotopic (exact) mass is 215 g/mol. The molecule has 4 heteroatoms. The number of nitrogens with one attached hydrogen (secondary N) is 1. The second kappa shape index (κ2) is 4.10. The van der Waals surface area contributed by atoms with E-state index in [9.17, 15) is 4.79 Å². The normalized spacial score (nSPS) is 14.8. The van der Waals surface area contributed by atoms with E-state index in [2.05, 4.69) is 5.32 Å². The second-order valence-electron chi connectivity index (χ2n) is 3.59. The molecule has 1 aliphatic rings. The first-order valence-corrected chi connectivity index (χ1v) is 4.97. The lowest BCUT2D eigenvalue weighted by Crippen LogP contribution is -2.18. The van der Waals surface area contributed by atoms with Crippen molar-refractivity contribution in [1.29, 1.82) is 0 Å². The van der Waals surface area contributed by atoms with Crippen LogP contribution in [0.4, 0.5) is 0 Å². The van der Waals surface area contributed by atoms with Crippen LogP contribution in [-0.2, 0) is 0 Å². The quantitative estimate of drug-likeness (QED) is 0.674. The highest BCUT2D eigenvalue weighted by Gasteiger charge is 2.09. The molecule has 0 fully saturated rings. The molecular weight excluding hydrogens is 202 g/mol. The lowest BCUT2D eigenvalue weighted by atomic mass is 10.00. The molecule has 1 aromatic carbocycles. The van der Waals surface area contributed by atoms with Gasteiger partial charge in [0.25, 0.3) is 0 Å². The lowest BCUT2D eigenvalue weighted by Gasteiger charge is -2.15. The van der Waals surface area contributed by atoms with Gasteiger partial charge in [0.15, 0.2) is 0 Å². The van der Waals surface area contributed by atoms with Gasteiger partial charge in [0.05, 0.1) is 0 Å². The summed E-state index contributed by atoms with van der Waals surface area (Å²) in [6.45, 7) is 0.657. The SMILES string of the molecule is NC(=O)c1cccc(C2=C(N)C=CNC2)c1. The summed E-state index contributed by atoms with van der Waals surface area (Å²) in [6.07, 6.45) is 3.60. The molecule has 1 heterocycles. The standard InChI is InChI=1S/C12H13N3O/c13-11-4-5-15-7-10(11)8-2-1-3-9(6-8)12(14)16/h1-6,15H,7,13H2,(H2,14,16). The molecule has 1 amide bonds. The number of allylic oxidation sites excluding steroid dienone is 1. The second-order valence-corrected chi connectivity index (χ2v) is 3.59. The van der Waals surface area contributed by atoms with Crippen LogP contribution < -0.4 is 16.8 Å². The molecule has 2 rings (SSSR count). The van der Waals surface area contributed by atoms with Crippen LogP contribution in [0.25, 0.3) is 5.57 Å². The molecule has 0 radical (unpaired) electrons. The van der Waals surface area contributed by atoms with E-state index >= 15 is 0 Å². The Hall–Kier alpha value is -2.23. The summed E-state index contributed by atoms with van der Waals surface area (Å²) in [5.41, 5.74) is 14.2. The number of carbonyl (C=O) groups excluding carboxylic acids is 1. The molecule has 82 valence electrons. The first kappa shape index (κ1) is 10.3. The van der Waals surface area contributed by atoms with E-state index in [1.54, 1.807) is 30.5 Å².